The van der Waals surface area contributed by atoms with E-state index in [1.54, 1.807) is 0 Å². The molecule has 2 saturated heterocycles. The highest BCUT2D eigenvalue weighted by atomic mass is 19.4. The standard InChI is InChI=1S/C8H15NO.C5H3F9O/c10-7-8-3-1-5-9(8)6-2-4-8;1-15-2(3(6,7)8,4(9,10)11)5(12,13)14/h10H,1-7H2;1H3. The van der Waals surface area contributed by atoms with Gasteiger partial charge in [-0.25, -0.2) is 0 Å². The molecular weight excluding hydrogens is 373 g/mol. The lowest BCUT2D eigenvalue weighted by Gasteiger charge is -2.36. The van der Waals surface area contributed by atoms with Crippen LogP contribution in [0.15, 0.2) is 0 Å². The fourth-order valence-electron chi connectivity index (χ4n) is 3.31. The van der Waals surface area contributed by atoms with Crippen molar-refractivity contribution < 1.29 is 49.4 Å². The zero-order valence-electron chi connectivity index (χ0n) is 13.2. The van der Waals surface area contributed by atoms with Crippen LogP contribution in [0.2, 0.25) is 0 Å². The number of ether oxygens (including phenoxy) is 1. The van der Waals surface area contributed by atoms with Crippen molar-refractivity contribution in [2.45, 2.75) is 55.4 Å². The first-order valence-corrected chi connectivity index (χ1v) is 7.30. The highest BCUT2D eigenvalue weighted by molar-refractivity contribution is 5.02. The van der Waals surface area contributed by atoms with Gasteiger partial charge < -0.3 is 9.84 Å². The Kier molecular flexibility index (Phi) is 6.33. The number of methoxy groups -OCH3 is 1. The van der Waals surface area contributed by atoms with Crippen molar-refractivity contribution in [1.82, 2.24) is 4.90 Å². The minimum Gasteiger partial charge on any atom is -0.394 e. The molecule has 2 fully saturated rings. The van der Waals surface area contributed by atoms with Crippen molar-refractivity contribution >= 4 is 0 Å². The molecule has 0 amide bonds. The summed E-state index contributed by atoms with van der Waals surface area (Å²) in [4.78, 5) is 2.47. The molecule has 2 aliphatic heterocycles. The second kappa shape index (κ2) is 7.10. The van der Waals surface area contributed by atoms with E-state index in [9.17, 15) is 44.6 Å². The molecule has 0 aromatic heterocycles. The van der Waals surface area contributed by atoms with E-state index >= 15 is 0 Å². The molecule has 0 aromatic rings. The number of aliphatic hydroxyl groups is 1. The quantitative estimate of drug-likeness (QED) is 0.730. The number of hydrogen-bond acceptors (Lipinski definition) is 3. The van der Waals surface area contributed by atoms with E-state index in [1.165, 1.54) is 38.8 Å². The van der Waals surface area contributed by atoms with Crippen LogP contribution in [0.4, 0.5) is 39.5 Å². The van der Waals surface area contributed by atoms with Crippen molar-refractivity contribution in [3.63, 3.8) is 0 Å². The van der Waals surface area contributed by atoms with Crippen LogP contribution in [0.3, 0.4) is 0 Å². The van der Waals surface area contributed by atoms with Gasteiger partial charge in [0.2, 0.25) is 0 Å². The van der Waals surface area contributed by atoms with Crippen LogP contribution in [0.25, 0.3) is 0 Å². The zero-order chi connectivity index (χ0) is 19.7. The number of alkyl halides is 9. The van der Waals surface area contributed by atoms with Gasteiger partial charge in [0.25, 0.3) is 0 Å². The van der Waals surface area contributed by atoms with Crippen molar-refractivity contribution in [2.75, 3.05) is 26.8 Å². The van der Waals surface area contributed by atoms with E-state index in [0.717, 1.165) is 0 Å². The molecule has 0 bridgehead atoms. The second-order valence-electron chi connectivity index (χ2n) is 5.96. The highest BCUT2D eigenvalue weighted by Gasteiger charge is 2.85. The molecule has 0 radical (unpaired) electrons. The maximum absolute atomic E-state index is 11.8. The fourth-order valence-corrected chi connectivity index (χ4v) is 3.31. The predicted octanol–water partition coefficient (Wildman–Crippen LogP) is 3.67. The van der Waals surface area contributed by atoms with Gasteiger partial charge >= 0.3 is 24.1 Å². The van der Waals surface area contributed by atoms with E-state index in [-0.39, 0.29) is 12.6 Å². The third-order valence-electron chi connectivity index (χ3n) is 4.61. The smallest absolute Gasteiger partial charge is 0.394 e. The molecule has 3 nitrogen and oxygen atoms in total. The number of fused-ring (bicyclic) bond motifs is 1. The van der Waals surface area contributed by atoms with Crippen molar-refractivity contribution in [2.24, 2.45) is 0 Å². The molecule has 2 aliphatic rings. The van der Waals surface area contributed by atoms with Gasteiger partial charge in [-0.05, 0) is 38.8 Å². The summed E-state index contributed by atoms with van der Waals surface area (Å²) in [6, 6.07) is 0. The molecule has 0 saturated carbocycles. The number of aliphatic hydroxyl groups excluding tert-OH is 1. The third-order valence-corrected chi connectivity index (χ3v) is 4.61. The molecular formula is C13H18F9NO2. The van der Waals surface area contributed by atoms with Crippen LogP contribution >= 0.6 is 0 Å². The van der Waals surface area contributed by atoms with Gasteiger partial charge in [0.1, 0.15) is 0 Å². The minimum absolute atomic E-state index is 0.236. The molecule has 2 heterocycles. The van der Waals surface area contributed by atoms with Crippen LogP contribution < -0.4 is 0 Å². The molecule has 2 rings (SSSR count). The highest BCUT2D eigenvalue weighted by Crippen LogP contribution is 2.54. The molecule has 12 heteroatoms. The van der Waals surface area contributed by atoms with Gasteiger partial charge in [-0.2, -0.15) is 39.5 Å². The maximum Gasteiger partial charge on any atom is 0.435 e. The first kappa shape index (κ1) is 22.3. The Morgan fingerprint density at radius 2 is 1.20 bits per heavy atom. The van der Waals surface area contributed by atoms with Crippen LogP contribution in [0.1, 0.15) is 25.7 Å². The summed E-state index contributed by atoms with van der Waals surface area (Å²) in [5.74, 6) is 0. The molecule has 0 aromatic carbocycles. The largest absolute Gasteiger partial charge is 0.435 e. The van der Waals surface area contributed by atoms with Crippen molar-refractivity contribution in [1.29, 1.82) is 0 Å². The summed E-state index contributed by atoms with van der Waals surface area (Å²) >= 11 is 0. The summed E-state index contributed by atoms with van der Waals surface area (Å²) in [6.07, 6.45) is -14.9. The number of hydrogen-bond donors (Lipinski definition) is 1. The van der Waals surface area contributed by atoms with Gasteiger partial charge in [-0.3, -0.25) is 4.90 Å². The van der Waals surface area contributed by atoms with Gasteiger partial charge in [-0.15, -0.1) is 0 Å². The number of halogens is 9. The summed E-state index contributed by atoms with van der Waals surface area (Å²) < 4.78 is 109. The average Bonchev–Trinajstić information content (AvgIpc) is 2.94. The average molecular weight is 391 g/mol. The fraction of sp³-hybridized carbons (Fsp3) is 1.00. The Hall–Kier alpha value is -0.750. The van der Waals surface area contributed by atoms with E-state index in [1.807, 2.05) is 0 Å². The van der Waals surface area contributed by atoms with Crippen LogP contribution in [-0.4, -0.2) is 66.5 Å². The predicted molar refractivity (Wildman–Crippen MR) is 67.8 cm³/mol. The lowest BCUT2D eigenvalue weighted by atomic mass is 9.96. The van der Waals surface area contributed by atoms with Gasteiger partial charge in [0, 0.05) is 12.6 Å². The molecule has 150 valence electrons. The summed E-state index contributed by atoms with van der Waals surface area (Å²) in [5, 5.41) is 9.19. The Morgan fingerprint density at radius 3 is 1.36 bits per heavy atom. The summed E-state index contributed by atoms with van der Waals surface area (Å²) in [5.41, 5.74) is -5.91. The minimum atomic E-state index is -6.64. The number of nitrogens with zero attached hydrogens (tertiary/aromatic N) is 1. The van der Waals surface area contributed by atoms with E-state index in [0.29, 0.717) is 6.61 Å². The van der Waals surface area contributed by atoms with Crippen molar-refractivity contribution in [3.05, 3.63) is 0 Å². The topological polar surface area (TPSA) is 32.7 Å². The van der Waals surface area contributed by atoms with Gasteiger partial charge in [0.15, 0.2) is 0 Å². The Balaban J connectivity index is 0.000000267. The second-order valence-corrected chi connectivity index (χ2v) is 5.96. The Labute approximate surface area is 137 Å². The number of rotatable bonds is 2. The normalized spacial score (nSPS) is 21.7. The first-order valence-electron chi connectivity index (χ1n) is 7.30. The molecule has 0 atom stereocenters. The molecule has 0 unspecified atom stereocenters. The van der Waals surface area contributed by atoms with Gasteiger partial charge in [-0.1, -0.05) is 0 Å². The SMILES string of the molecule is COC(C(F)(F)F)(C(F)(F)F)C(F)(F)F.OCC12CCCN1CCC2. The van der Waals surface area contributed by atoms with Gasteiger partial charge in [0.05, 0.1) is 6.61 Å². The molecule has 25 heavy (non-hydrogen) atoms. The lowest BCUT2D eigenvalue weighted by Crippen LogP contribution is -2.67. The maximum atomic E-state index is 11.8. The van der Waals surface area contributed by atoms with E-state index in [2.05, 4.69) is 9.64 Å². The zero-order valence-corrected chi connectivity index (χ0v) is 13.2. The summed E-state index contributed by atoms with van der Waals surface area (Å²) in [6.45, 7) is 2.83. The Morgan fingerprint density at radius 1 is 0.840 bits per heavy atom. The van der Waals surface area contributed by atoms with Crippen molar-refractivity contribution in [3.8, 4) is 0 Å². The monoisotopic (exact) mass is 391 g/mol. The van der Waals surface area contributed by atoms with Crippen LogP contribution in [0.5, 0.6) is 0 Å². The summed E-state index contributed by atoms with van der Waals surface area (Å²) in [7, 11) is -0.311. The van der Waals surface area contributed by atoms with Crippen LogP contribution in [0, 0.1) is 0 Å². The van der Waals surface area contributed by atoms with E-state index < -0.39 is 24.1 Å². The third kappa shape index (κ3) is 3.85. The molecule has 1 N–H and O–H groups in total. The van der Waals surface area contributed by atoms with Crippen LogP contribution in [-0.2, 0) is 4.74 Å². The molecule has 0 aliphatic carbocycles. The first-order chi connectivity index (χ1) is 11.2. The van der Waals surface area contributed by atoms with E-state index in [4.69, 9.17) is 0 Å². The molecule has 0 spiro atoms. The Bertz CT molecular complexity index is 398. The lowest BCUT2D eigenvalue weighted by molar-refractivity contribution is -0.452.